The number of sulfone groups is 1. The second-order valence-corrected chi connectivity index (χ2v) is 9.28. The summed E-state index contributed by atoms with van der Waals surface area (Å²) in [6.45, 7) is -0.412. The first-order chi connectivity index (χ1) is 12.3. The van der Waals surface area contributed by atoms with Crippen molar-refractivity contribution < 1.29 is 22.8 Å². The molecule has 0 aromatic heterocycles. The SMILES string of the molecule is O=C(CN1C(=O)N[C@@]2(CCc3ccccc32)C1=O)N[C@H]1CCS(=O)(=O)C1. The van der Waals surface area contributed by atoms with Gasteiger partial charge in [0.1, 0.15) is 12.1 Å². The summed E-state index contributed by atoms with van der Waals surface area (Å²) in [5.74, 6) is -1.02. The molecule has 1 aromatic carbocycles. The molecule has 8 nitrogen and oxygen atoms in total. The van der Waals surface area contributed by atoms with Gasteiger partial charge in [0.05, 0.1) is 11.5 Å². The van der Waals surface area contributed by atoms with Gasteiger partial charge in [-0.15, -0.1) is 0 Å². The van der Waals surface area contributed by atoms with Crippen molar-refractivity contribution in [2.75, 3.05) is 18.1 Å². The molecular formula is C17H19N3O5S. The van der Waals surface area contributed by atoms with Gasteiger partial charge in [-0.05, 0) is 30.4 Å². The Kier molecular flexibility index (Phi) is 3.80. The standard InChI is InChI=1S/C17H19N3O5S/c21-14(18-12-6-8-26(24,25)10-12)9-20-15(22)17(19-16(20)23)7-5-11-3-1-2-4-13(11)17/h1-4,12H,5-10H2,(H,18,21)(H,19,23)/t12-,17+/m0/s1. The molecule has 1 spiro atoms. The molecular weight excluding hydrogens is 358 g/mol. The summed E-state index contributed by atoms with van der Waals surface area (Å²) in [7, 11) is -3.12. The first kappa shape index (κ1) is 17.0. The summed E-state index contributed by atoms with van der Waals surface area (Å²) in [5, 5.41) is 5.37. The van der Waals surface area contributed by atoms with Crippen molar-refractivity contribution in [1.29, 1.82) is 0 Å². The zero-order valence-electron chi connectivity index (χ0n) is 14.0. The van der Waals surface area contributed by atoms with E-state index < -0.39 is 45.8 Å². The average Bonchev–Trinajstić information content (AvgIpc) is 3.19. The summed E-state index contributed by atoms with van der Waals surface area (Å²) >= 11 is 0. The van der Waals surface area contributed by atoms with Gasteiger partial charge in [0.2, 0.25) is 5.91 Å². The van der Waals surface area contributed by atoms with Gasteiger partial charge in [-0.1, -0.05) is 24.3 Å². The van der Waals surface area contributed by atoms with Crippen LogP contribution in [0.25, 0.3) is 0 Å². The van der Waals surface area contributed by atoms with Crippen molar-refractivity contribution in [3.05, 3.63) is 35.4 Å². The van der Waals surface area contributed by atoms with E-state index in [0.717, 1.165) is 16.0 Å². The fourth-order valence-corrected chi connectivity index (χ4v) is 5.73. The van der Waals surface area contributed by atoms with Gasteiger partial charge in [-0.3, -0.25) is 14.5 Å². The number of carbonyl (C=O) groups excluding carboxylic acids is 3. The molecule has 2 fully saturated rings. The number of fused-ring (bicyclic) bond motifs is 2. The van der Waals surface area contributed by atoms with E-state index in [1.165, 1.54) is 0 Å². The normalized spacial score (nSPS) is 29.1. The molecule has 2 N–H and O–H groups in total. The van der Waals surface area contributed by atoms with E-state index >= 15 is 0 Å². The second kappa shape index (κ2) is 5.80. The van der Waals surface area contributed by atoms with E-state index in [0.29, 0.717) is 19.3 Å². The fraction of sp³-hybridized carbons (Fsp3) is 0.471. The van der Waals surface area contributed by atoms with E-state index in [4.69, 9.17) is 0 Å². The number of imide groups is 1. The van der Waals surface area contributed by atoms with Crippen LogP contribution in [-0.2, 0) is 31.4 Å². The number of amides is 4. The quantitative estimate of drug-likeness (QED) is 0.701. The maximum absolute atomic E-state index is 12.9. The van der Waals surface area contributed by atoms with E-state index in [9.17, 15) is 22.8 Å². The highest BCUT2D eigenvalue weighted by Crippen LogP contribution is 2.41. The van der Waals surface area contributed by atoms with Crippen molar-refractivity contribution in [1.82, 2.24) is 15.5 Å². The van der Waals surface area contributed by atoms with Crippen molar-refractivity contribution in [3.8, 4) is 0 Å². The molecule has 0 bridgehead atoms. The highest BCUT2D eigenvalue weighted by molar-refractivity contribution is 7.91. The lowest BCUT2D eigenvalue weighted by atomic mass is 9.92. The average molecular weight is 377 g/mol. The molecule has 2 saturated heterocycles. The van der Waals surface area contributed by atoms with Crippen molar-refractivity contribution in [2.45, 2.75) is 30.8 Å². The Morgan fingerprint density at radius 2 is 2.08 bits per heavy atom. The summed E-state index contributed by atoms with van der Waals surface area (Å²) in [4.78, 5) is 38.4. The summed E-state index contributed by atoms with van der Waals surface area (Å²) < 4.78 is 23.0. The monoisotopic (exact) mass is 377 g/mol. The number of aryl methyl sites for hydroxylation is 1. The number of hydrogen-bond donors (Lipinski definition) is 2. The summed E-state index contributed by atoms with van der Waals surface area (Å²) in [6, 6.07) is 6.41. The molecule has 1 aliphatic carbocycles. The van der Waals surface area contributed by atoms with Crippen LogP contribution in [0.4, 0.5) is 4.79 Å². The first-order valence-corrected chi connectivity index (χ1v) is 10.4. The van der Waals surface area contributed by atoms with Crippen molar-refractivity contribution in [2.24, 2.45) is 0 Å². The lowest BCUT2D eigenvalue weighted by molar-refractivity contribution is -0.135. The van der Waals surface area contributed by atoms with Crippen molar-refractivity contribution in [3.63, 3.8) is 0 Å². The highest BCUT2D eigenvalue weighted by atomic mass is 32.2. The van der Waals surface area contributed by atoms with Gasteiger partial charge in [0.25, 0.3) is 5.91 Å². The molecule has 0 unspecified atom stereocenters. The Hall–Kier alpha value is -2.42. The van der Waals surface area contributed by atoms with Gasteiger partial charge in [-0.25, -0.2) is 13.2 Å². The molecule has 4 rings (SSSR count). The van der Waals surface area contributed by atoms with Crippen LogP contribution in [0, 0.1) is 0 Å². The number of nitrogens with one attached hydrogen (secondary N) is 2. The predicted octanol–water partition coefficient (Wildman–Crippen LogP) is -0.317. The van der Waals surface area contributed by atoms with Crippen LogP contribution in [0.2, 0.25) is 0 Å². The van der Waals surface area contributed by atoms with Gasteiger partial charge in [0.15, 0.2) is 9.84 Å². The second-order valence-electron chi connectivity index (χ2n) is 7.05. The molecule has 0 saturated carbocycles. The zero-order chi connectivity index (χ0) is 18.5. The molecule has 4 amide bonds. The minimum Gasteiger partial charge on any atom is -0.351 e. The largest absolute Gasteiger partial charge is 0.351 e. The Bertz CT molecular complexity index is 913. The minimum atomic E-state index is -3.12. The van der Waals surface area contributed by atoms with Gasteiger partial charge in [0, 0.05) is 6.04 Å². The maximum atomic E-state index is 12.9. The predicted molar refractivity (Wildman–Crippen MR) is 91.9 cm³/mol. The third-order valence-corrected chi connectivity index (χ3v) is 7.09. The van der Waals surface area contributed by atoms with Crippen LogP contribution < -0.4 is 10.6 Å². The van der Waals surface area contributed by atoms with Crippen molar-refractivity contribution >= 4 is 27.7 Å². The van der Waals surface area contributed by atoms with Gasteiger partial charge in [-0.2, -0.15) is 0 Å². The third-order valence-electron chi connectivity index (χ3n) is 5.32. The topological polar surface area (TPSA) is 113 Å². The Labute approximate surface area is 150 Å². The van der Waals surface area contributed by atoms with Crippen LogP contribution >= 0.6 is 0 Å². The number of rotatable bonds is 3. The van der Waals surface area contributed by atoms with Crippen LogP contribution in [0.5, 0.6) is 0 Å². The molecule has 2 aliphatic heterocycles. The van der Waals surface area contributed by atoms with Crippen LogP contribution in [0.15, 0.2) is 24.3 Å². The van der Waals surface area contributed by atoms with Crippen LogP contribution in [-0.4, -0.2) is 55.3 Å². The Morgan fingerprint density at radius 1 is 1.31 bits per heavy atom. The first-order valence-electron chi connectivity index (χ1n) is 8.53. The van der Waals surface area contributed by atoms with E-state index in [1.807, 2.05) is 24.3 Å². The van der Waals surface area contributed by atoms with E-state index in [2.05, 4.69) is 10.6 Å². The maximum Gasteiger partial charge on any atom is 0.325 e. The van der Waals surface area contributed by atoms with Crippen LogP contribution in [0.3, 0.4) is 0 Å². The lowest BCUT2D eigenvalue weighted by Crippen LogP contribution is -2.46. The molecule has 2 atom stereocenters. The molecule has 138 valence electrons. The third kappa shape index (κ3) is 2.66. The summed E-state index contributed by atoms with van der Waals surface area (Å²) in [6.07, 6.45) is 1.50. The minimum absolute atomic E-state index is 0.0426. The number of benzene rings is 1. The number of nitrogens with zero attached hydrogens (tertiary/aromatic N) is 1. The smallest absolute Gasteiger partial charge is 0.325 e. The molecule has 9 heteroatoms. The number of carbonyl (C=O) groups is 3. The number of urea groups is 1. The molecule has 2 heterocycles. The lowest BCUT2D eigenvalue weighted by Gasteiger charge is -2.22. The Morgan fingerprint density at radius 3 is 2.81 bits per heavy atom. The zero-order valence-corrected chi connectivity index (χ0v) is 14.8. The van der Waals surface area contributed by atoms with Crippen LogP contribution in [0.1, 0.15) is 24.0 Å². The highest BCUT2D eigenvalue weighted by Gasteiger charge is 2.55. The van der Waals surface area contributed by atoms with Gasteiger partial charge >= 0.3 is 6.03 Å². The summed E-state index contributed by atoms with van der Waals surface area (Å²) in [5.41, 5.74) is 0.705. The molecule has 1 aromatic rings. The molecule has 3 aliphatic rings. The van der Waals surface area contributed by atoms with E-state index in [1.54, 1.807) is 0 Å². The number of hydrogen-bond acceptors (Lipinski definition) is 5. The Balaban J connectivity index is 1.48. The molecule has 26 heavy (non-hydrogen) atoms. The fourth-order valence-electron chi connectivity index (χ4n) is 4.06. The van der Waals surface area contributed by atoms with E-state index in [-0.39, 0.29) is 11.5 Å². The van der Waals surface area contributed by atoms with Gasteiger partial charge < -0.3 is 10.6 Å². The molecule has 0 radical (unpaired) electrons.